The average Bonchev–Trinajstić information content (AvgIpc) is 2.62. The Kier molecular flexibility index (Phi) is 11.9. The molecule has 0 spiro atoms. The van der Waals surface area contributed by atoms with Crippen molar-refractivity contribution < 1.29 is 34.2 Å². The molecule has 0 aliphatic rings. The lowest BCUT2D eigenvalue weighted by molar-refractivity contribution is -0.142. The van der Waals surface area contributed by atoms with E-state index >= 15 is 0 Å². The van der Waals surface area contributed by atoms with E-state index in [2.05, 4.69) is 16.0 Å². The standard InChI is InChI=1S/C16H29N5O7S/c1-7(16(27)28)19-15(26)12(8(2)22)21-14(25)10(6-11(18)23)20-13(24)9(17)4-5-29-3/h7-10,12,22H,4-6,17H2,1-3H3,(H2,18,23)(H,19,26)(H,20,24)(H,21,25)(H,27,28). The molecule has 0 fully saturated rings. The van der Waals surface area contributed by atoms with Crippen molar-refractivity contribution in [3.63, 3.8) is 0 Å². The molecule has 0 aromatic rings. The van der Waals surface area contributed by atoms with Crippen LogP contribution < -0.4 is 27.4 Å². The first-order chi connectivity index (χ1) is 13.4. The van der Waals surface area contributed by atoms with Crippen LogP contribution >= 0.6 is 11.8 Å². The van der Waals surface area contributed by atoms with E-state index in [4.69, 9.17) is 16.6 Å². The number of carboxylic acid groups (broad SMARTS) is 1. The van der Waals surface area contributed by atoms with E-state index in [0.717, 1.165) is 0 Å². The summed E-state index contributed by atoms with van der Waals surface area (Å²) in [6.45, 7) is 2.41. The quantitative estimate of drug-likeness (QED) is 0.155. The second-order valence-electron chi connectivity index (χ2n) is 6.41. The fourth-order valence-electron chi connectivity index (χ4n) is 2.09. The van der Waals surface area contributed by atoms with Crippen LogP contribution in [0, 0.1) is 0 Å². The first kappa shape index (κ1) is 26.6. The first-order valence-corrected chi connectivity index (χ1v) is 10.1. The number of hydrogen-bond acceptors (Lipinski definition) is 8. The predicted molar refractivity (Wildman–Crippen MR) is 106 cm³/mol. The number of nitrogens with one attached hydrogen (secondary N) is 3. The van der Waals surface area contributed by atoms with E-state index in [1.807, 2.05) is 6.26 Å². The van der Waals surface area contributed by atoms with E-state index in [1.54, 1.807) is 0 Å². The maximum atomic E-state index is 12.5. The van der Waals surface area contributed by atoms with Gasteiger partial charge < -0.3 is 37.6 Å². The van der Waals surface area contributed by atoms with Crippen LogP contribution in [0.25, 0.3) is 0 Å². The van der Waals surface area contributed by atoms with Crippen LogP contribution in [0.4, 0.5) is 0 Å². The van der Waals surface area contributed by atoms with Gasteiger partial charge in [0.15, 0.2) is 0 Å². The zero-order chi connectivity index (χ0) is 22.7. The molecule has 0 rings (SSSR count). The Morgan fingerprint density at radius 3 is 2.03 bits per heavy atom. The van der Waals surface area contributed by atoms with Gasteiger partial charge in [0.1, 0.15) is 18.1 Å². The van der Waals surface area contributed by atoms with Crippen molar-refractivity contribution in [2.75, 3.05) is 12.0 Å². The third-order valence-corrected chi connectivity index (χ3v) is 4.44. The lowest BCUT2D eigenvalue weighted by Crippen LogP contribution is -2.60. The van der Waals surface area contributed by atoms with E-state index in [0.29, 0.717) is 12.2 Å². The Morgan fingerprint density at radius 1 is 1.00 bits per heavy atom. The summed E-state index contributed by atoms with van der Waals surface area (Å²) >= 11 is 1.48. The van der Waals surface area contributed by atoms with Gasteiger partial charge in [0.25, 0.3) is 0 Å². The van der Waals surface area contributed by atoms with Crippen LogP contribution in [0.15, 0.2) is 0 Å². The van der Waals surface area contributed by atoms with Crippen LogP contribution in [0.2, 0.25) is 0 Å². The molecule has 0 aliphatic carbocycles. The molecule has 166 valence electrons. The van der Waals surface area contributed by atoms with Crippen molar-refractivity contribution in [3.05, 3.63) is 0 Å². The number of carbonyl (C=O) groups excluding carboxylic acids is 4. The molecule has 29 heavy (non-hydrogen) atoms. The van der Waals surface area contributed by atoms with Gasteiger partial charge in [-0.3, -0.25) is 24.0 Å². The molecule has 12 nitrogen and oxygen atoms in total. The molecule has 0 aromatic carbocycles. The molecule has 4 amide bonds. The summed E-state index contributed by atoms with van der Waals surface area (Å²) in [6, 6.07) is -5.14. The molecule has 0 aromatic heterocycles. The highest BCUT2D eigenvalue weighted by atomic mass is 32.2. The Labute approximate surface area is 172 Å². The van der Waals surface area contributed by atoms with E-state index in [9.17, 15) is 29.1 Å². The highest BCUT2D eigenvalue weighted by molar-refractivity contribution is 7.98. The Morgan fingerprint density at radius 2 is 1.59 bits per heavy atom. The van der Waals surface area contributed by atoms with Crippen molar-refractivity contribution in [1.82, 2.24) is 16.0 Å². The Balaban J connectivity index is 5.24. The number of hydrogen-bond donors (Lipinski definition) is 7. The molecule has 0 saturated carbocycles. The number of amides is 4. The summed E-state index contributed by atoms with van der Waals surface area (Å²) in [7, 11) is 0. The van der Waals surface area contributed by atoms with Gasteiger partial charge in [-0.15, -0.1) is 0 Å². The Bertz CT molecular complexity index is 616. The van der Waals surface area contributed by atoms with Crippen molar-refractivity contribution in [2.45, 2.75) is 57.0 Å². The fraction of sp³-hybridized carbons (Fsp3) is 0.688. The largest absolute Gasteiger partial charge is 0.480 e. The van der Waals surface area contributed by atoms with Crippen molar-refractivity contribution in [2.24, 2.45) is 11.5 Å². The van der Waals surface area contributed by atoms with Gasteiger partial charge in [0.05, 0.1) is 18.6 Å². The zero-order valence-corrected chi connectivity index (χ0v) is 17.3. The van der Waals surface area contributed by atoms with Gasteiger partial charge in [-0.1, -0.05) is 0 Å². The smallest absolute Gasteiger partial charge is 0.325 e. The molecule has 13 heteroatoms. The molecule has 0 saturated heterocycles. The van der Waals surface area contributed by atoms with Gasteiger partial charge >= 0.3 is 5.97 Å². The van der Waals surface area contributed by atoms with Gasteiger partial charge in [-0.2, -0.15) is 11.8 Å². The molecule has 0 radical (unpaired) electrons. The third-order valence-electron chi connectivity index (χ3n) is 3.80. The molecule has 5 unspecified atom stereocenters. The molecule has 0 aliphatic heterocycles. The number of aliphatic hydroxyl groups excluding tert-OH is 1. The van der Waals surface area contributed by atoms with Crippen LogP contribution in [0.3, 0.4) is 0 Å². The highest BCUT2D eigenvalue weighted by Crippen LogP contribution is 2.02. The summed E-state index contributed by atoms with van der Waals surface area (Å²) in [5.74, 6) is -4.19. The number of aliphatic carboxylic acids is 1. The molecule has 5 atom stereocenters. The fourth-order valence-corrected chi connectivity index (χ4v) is 2.58. The molecule has 9 N–H and O–H groups in total. The SMILES string of the molecule is CSCCC(N)C(=O)NC(CC(N)=O)C(=O)NC(C(=O)NC(C)C(=O)O)C(C)O. The number of thioether (sulfide) groups is 1. The second kappa shape index (κ2) is 13.0. The number of primary amides is 1. The lowest BCUT2D eigenvalue weighted by Gasteiger charge is -2.25. The molecular formula is C16H29N5O7S. The summed E-state index contributed by atoms with van der Waals surface area (Å²) in [4.78, 5) is 59.0. The third kappa shape index (κ3) is 10.1. The lowest BCUT2D eigenvalue weighted by atomic mass is 10.1. The van der Waals surface area contributed by atoms with Crippen molar-refractivity contribution in [3.8, 4) is 0 Å². The second-order valence-corrected chi connectivity index (χ2v) is 7.40. The van der Waals surface area contributed by atoms with Crippen LogP contribution in [0.1, 0.15) is 26.7 Å². The minimum Gasteiger partial charge on any atom is -0.480 e. The number of aliphatic hydroxyl groups is 1. The summed E-state index contributed by atoms with van der Waals surface area (Å²) < 4.78 is 0. The van der Waals surface area contributed by atoms with E-state index in [1.165, 1.54) is 25.6 Å². The van der Waals surface area contributed by atoms with Crippen molar-refractivity contribution in [1.29, 1.82) is 0 Å². The summed E-state index contributed by atoms with van der Waals surface area (Å²) in [5.41, 5.74) is 10.8. The normalized spacial score (nSPS) is 15.9. The van der Waals surface area contributed by atoms with E-state index in [-0.39, 0.29) is 0 Å². The molecular weight excluding hydrogens is 406 g/mol. The van der Waals surface area contributed by atoms with Gasteiger partial charge in [0.2, 0.25) is 23.6 Å². The number of carbonyl (C=O) groups is 5. The predicted octanol–water partition coefficient (Wildman–Crippen LogP) is -3.12. The maximum Gasteiger partial charge on any atom is 0.325 e. The highest BCUT2D eigenvalue weighted by Gasteiger charge is 2.32. The number of carboxylic acids is 1. The zero-order valence-electron chi connectivity index (χ0n) is 16.5. The van der Waals surface area contributed by atoms with Crippen LogP contribution in [-0.4, -0.2) is 82.1 Å². The first-order valence-electron chi connectivity index (χ1n) is 8.75. The topological polar surface area (TPSA) is 214 Å². The van der Waals surface area contributed by atoms with E-state index < -0.39 is 66.3 Å². The van der Waals surface area contributed by atoms with Crippen molar-refractivity contribution >= 4 is 41.4 Å². The minimum absolute atomic E-state index is 0.337. The summed E-state index contributed by atoms with van der Waals surface area (Å²) in [5, 5.41) is 25.3. The minimum atomic E-state index is -1.53. The molecule has 0 bridgehead atoms. The number of nitrogens with two attached hydrogens (primary N) is 2. The molecule has 0 heterocycles. The Hall–Kier alpha value is -2.38. The van der Waals surface area contributed by atoms with Gasteiger partial charge in [0, 0.05) is 0 Å². The average molecular weight is 436 g/mol. The monoisotopic (exact) mass is 435 g/mol. The van der Waals surface area contributed by atoms with Crippen LogP contribution in [-0.2, 0) is 24.0 Å². The van der Waals surface area contributed by atoms with Crippen LogP contribution in [0.5, 0.6) is 0 Å². The van der Waals surface area contributed by atoms with Gasteiger partial charge in [-0.05, 0) is 32.3 Å². The summed E-state index contributed by atoms with van der Waals surface area (Å²) in [6.07, 6.45) is 0.213. The number of rotatable bonds is 13. The maximum absolute atomic E-state index is 12.5. The van der Waals surface area contributed by atoms with Gasteiger partial charge in [-0.25, -0.2) is 0 Å².